The lowest BCUT2D eigenvalue weighted by Gasteiger charge is -2.41. The van der Waals surface area contributed by atoms with Crippen LogP contribution in [0.15, 0.2) is 66.7 Å². The molecule has 3 aromatic carbocycles. The molecule has 4 radical (unpaired) electrons. The minimum absolute atomic E-state index is 0.0480. The van der Waals surface area contributed by atoms with Gasteiger partial charge in [-0.15, -0.1) is 0 Å². The van der Waals surface area contributed by atoms with Crippen molar-refractivity contribution in [2.45, 2.75) is 64.5 Å². The van der Waals surface area contributed by atoms with Gasteiger partial charge in [0.25, 0.3) is 0 Å². The van der Waals surface area contributed by atoms with Crippen LogP contribution in [0.5, 0.6) is 0 Å². The zero-order chi connectivity index (χ0) is 28.9. The molecule has 1 amide bonds. The topological polar surface area (TPSA) is 62.6 Å². The summed E-state index contributed by atoms with van der Waals surface area (Å²) in [5.41, 5.74) is 2.96. The number of halogens is 2. The summed E-state index contributed by atoms with van der Waals surface area (Å²) in [6.45, 7) is 8.02. The number of hydrogen-bond acceptors (Lipinski definition) is 4. The predicted molar refractivity (Wildman–Crippen MR) is 153 cm³/mol. The number of carbonyl (C=O) groups is 1. The Bertz CT molecular complexity index is 1370. The van der Waals surface area contributed by atoms with E-state index >= 15 is 4.39 Å². The van der Waals surface area contributed by atoms with E-state index in [1.807, 2.05) is 19.2 Å². The molecule has 1 aliphatic rings. The maximum Gasteiger partial charge on any atom is 0.230 e. The molecule has 1 aliphatic heterocycles. The molecule has 0 N–H and O–H groups in total. The Balaban J connectivity index is 1.62. The normalized spacial score (nSPS) is 16.1. The molecule has 0 spiro atoms. The van der Waals surface area contributed by atoms with Gasteiger partial charge in [0.1, 0.15) is 17.9 Å². The van der Waals surface area contributed by atoms with Crippen molar-refractivity contribution in [1.82, 2.24) is 0 Å². The third kappa shape index (κ3) is 6.42. The highest BCUT2D eigenvalue weighted by molar-refractivity contribution is 6.26. The molecule has 9 heteroatoms. The molecule has 206 valence electrons. The zero-order valence-electron chi connectivity index (χ0n) is 23.1. The molecule has 0 saturated carbocycles. The van der Waals surface area contributed by atoms with Crippen LogP contribution < -0.4 is 4.90 Å². The van der Waals surface area contributed by atoms with E-state index in [0.29, 0.717) is 36.1 Å². The van der Waals surface area contributed by atoms with Crippen LogP contribution in [0.3, 0.4) is 0 Å². The first-order valence-corrected chi connectivity index (χ1v) is 16.0. The summed E-state index contributed by atoms with van der Waals surface area (Å²) >= 11 is 0. The molecule has 5 nitrogen and oxygen atoms in total. The minimum Gasteiger partial charge on any atom is -0.394 e. The number of β-lactam (4-membered cyclic amide) rings is 1. The second-order valence-corrected chi connectivity index (χ2v) is 11.7. The smallest absolute Gasteiger partial charge is 0.230 e. The van der Waals surface area contributed by atoms with Crippen molar-refractivity contribution in [1.29, 1.82) is 5.26 Å². The Labute approximate surface area is 240 Å². The molecule has 3 aromatic rings. The standard InChI is InChI=1S/C31H32F2N2O3Si2/c1-31(2,30(37-39-3)38-40-4)26(21-8-11-24(32)12-9-21)14-10-22-17-25(13-15-27(22)33)35-28(18-29(35)36)23-7-5-6-20(16-23)19-34/h5-9,11-13,15-17,26,28,30H,10,14,18H2,1-4H3. The first-order valence-electron chi connectivity index (χ1n) is 13.2. The molecule has 40 heavy (non-hydrogen) atoms. The van der Waals surface area contributed by atoms with Crippen LogP contribution in [0.25, 0.3) is 0 Å². The lowest BCUT2D eigenvalue weighted by Crippen LogP contribution is -2.46. The quantitative estimate of drug-likeness (QED) is 0.136. The Kier molecular flexibility index (Phi) is 9.69. The van der Waals surface area contributed by atoms with Gasteiger partial charge in [-0.25, -0.2) is 8.78 Å². The molecule has 0 aliphatic carbocycles. The second kappa shape index (κ2) is 13.0. The van der Waals surface area contributed by atoms with Crippen LogP contribution in [-0.4, -0.2) is 31.7 Å². The molecule has 2 unspecified atom stereocenters. The predicted octanol–water partition coefficient (Wildman–Crippen LogP) is 6.75. The fraction of sp³-hybridized carbons (Fsp3) is 0.355. The summed E-state index contributed by atoms with van der Waals surface area (Å²) in [6, 6.07) is 20.4. The maximum atomic E-state index is 15.1. The highest BCUT2D eigenvalue weighted by Gasteiger charge is 2.40. The van der Waals surface area contributed by atoms with Gasteiger partial charge in [0.2, 0.25) is 25.4 Å². The fourth-order valence-corrected chi connectivity index (χ4v) is 6.62. The molecule has 1 fully saturated rings. The van der Waals surface area contributed by atoms with Crippen molar-refractivity contribution in [3.63, 3.8) is 0 Å². The van der Waals surface area contributed by atoms with E-state index in [2.05, 4.69) is 19.9 Å². The number of amides is 1. The van der Waals surface area contributed by atoms with Gasteiger partial charge in [-0.1, -0.05) is 38.1 Å². The van der Waals surface area contributed by atoms with Crippen LogP contribution in [0.4, 0.5) is 14.5 Å². The fourth-order valence-electron chi connectivity index (χ4n) is 5.39. The van der Waals surface area contributed by atoms with Gasteiger partial charge in [-0.3, -0.25) is 4.79 Å². The number of aryl methyl sites for hydroxylation is 1. The van der Waals surface area contributed by atoms with Gasteiger partial charge < -0.3 is 13.8 Å². The second-order valence-electron chi connectivity index (χ2n) is 10.4. The Morgan fingerprint density at radius 1 is 1.05 bits per heavy atom. The number of nitriles is 1. The molecular weight excluding hydrogens is 543 g/mol. The average molecular weight is 575 g/mol. The van der Waals surface area contributed by atoms with Crippen molar-refractivity contribution in [2.75, 3.05) is 4.90 Å². The number of anilines is 1. The van der Waals surface area contributed by atoms with Gasteiger partial charge in [0, 0.05) is 11.1 Å². The molecule has 2 atom stereocenters. The van der Waals surface area contributed by atoms with Crippen molar-refractivity contribution >= 4 is 31.1 Å². The van der Waals surface area contributed by atoms with Gasteiger partial charge >= 0.3 is 0 Å². The van der Waals surface area contributed by atoms with Crippen molar-refractivity contribution in [3.05, 3.63) is 101 Å². The van der Waals surface area contributed by atoms with Gasteiger partial charge in [-0.05, 0) is 91.0 Å². The van der Waals surface area contributed by atoms with E-state index in [-0.39, 0.29) is 49.0 Å². The highest BCUT2D eigenvalue weighted by atomic mass is 28.2. The summed E-state index contributed by atoms with van der Waals surface area (Å²) in [7, 11) is 0.461. The monoisotopic (exact) mass is 574 g/mol. The first-order chi connectivity index (χ1) is 19.2. The zero-order valence-corrected chi connectivity index (χ0v) is 25.1. The molecule has 1 saturated heterocycles. The largest absolute Gasteiger partial charge is 0.394 e. The summed E-state index contributed by atoms with van der Waals surface area (Å²) in [4.78, 5) is 14.4. The molecule has 4 rings (SSSR count). The summed E-state index contributed by atoms with van der Waals surface area (Å²) in [5.74, 6) is -0.832. The van der Waals surface area contributed by atoms with E-state index < -0.39 is 11.7 Å². The SMILES string of the molecule is C[Si]OC(O[Si]C)C(C)(C)C(CCc1cc(N2C(=O)CC2c2cccc(C#N)c2)ccc1F)c1ccc(F)cc1. The summed E-state index contributed by atoms with van der Waals surface area (Å²) in [5, 5.41) is 9.28. The van der Waals surface area contributed by atoms with Crippen LogP contribution in [-0.2, 0) is 20.1 Å². The summed E-state index contributed by atoms with van der Waals surface area (Å²) in [6.07, 6.45) is 0.815. The van der Waals surface area contributed by atoms with E-state index in [0.717, 1.165) is 11.1 Å². The van der Waals surface area contributed by atoms with Crippen molar-refractivity contribution in [2.24, 2.45) is 5.41 Å². The number of hydrogen-bond donors (Lipinski definition) is 0. The minimum atomic E-state index is -0.498. The van der Waals surface area contributed by atoms with Crippen LogP contribution in [0.1, 0.15) is 60.9 Å². The first kappa shape index (κ1) is 29.8. The molecular formula is C31H32F2N2O3Si2. The van der Waals surface area contributed by atoms with Crippen molar-refractivity contribution in [3.8, 4) is 6.07 Å². The summed E-state index contributed by atoms with van der Waals surface area (Å²) < 4.78 is 40.9. The molecule has 0 bridgehead atoms. The number of rotatable bonds is 12. The maximum absolute atomic E-state index is 15.1. The molecule has 0 aromatic heterocycles. The van der Waals surface area contributed by atoms with E-state index in [9.17, 15) is 14.4 Å². The lowest BCUT2D eigenvalue weighted by molar-refractivity contribution is -0.124. The highest BCUT2D eigenvalue weighted by Crippen LogP contribution is 2.44. The van der Waals surface area contributed by atoms with E-state index in [1.165, 1.54) is 18.2 Å². The lowest BCUT2D eigenvalue weighted by atomic mass is 9.71. The van der Waals surface area contributed by atoms with Crippen LogP contribution >= 0.6 is 0 Å². The van der Waals surface area contributed by atoms with E-state index in [4.69, 9.17) is 8.85 Å². The third-order valence-electron chi connectivity index (χ3n) is 7.59. The van der Waals surface area contributed by atoms with Crippen molar-refractivity contribution < 1.29 is 22.4 Å². The average Bonchev–Trinajstić information content (AvgIpc) is 2.94. The number of benzene rings is 3. The third-order valence-corrected chi connectivity index (χ3v) is 8.49. The number of nitrogens with zero attached hydrogens (tertiary/aromatic N) is 2. The van der Waals surface area contributed by atoms with E-state index in [1.54, 1.807) is 47.4 Å². The van der Waals surface area contributed by atoms with Gasteiger partial charge in [-0.2, -0.15) is 5.26 Å². The Hall–Kier alpha value is -3.17. The Morgan fingerprint density at radius 3 is 2.38 bits per heavy atom. The molecule has 1 heterocycles. The van der Waals surface area contributed by atoms with Crippen LogP contribution in [0.2, 0.25) is 13.1 Å². The Morgan fingerprint density at radius 2 is 1.75 bits per heavy atom. The van der Waals surface area contributed by atoms with Gasteiger partial charge in [0.05, 0.1) is 24.1 Å². The number of carbonyl (C=O) groups excluding carboxylic acids is 1. The van der Waals surface area contributed by atoms with Crippen LogP contribution in [0, 0.1) is 28.4 Å². The van der Waals surface area contributed by atoms with Gasteiger partial charge in [0.15, 0.2) is 0 Å².